The Bertz CT molecular complexity index is 712. The van der Waals surface area contributed by atoms with Crippen molar-refractivity contribution in [3.8, 4) is 0 Å². The molecule has 1 saturated heterocycles. The number of carbonyl (C=O) groups excluding carboxylic acids is 1. The van der Waals surface area contributed by atoms with Gasteiger partial charge in [-0.05, 0) is 37.1 Å². The quantitative estimate of drug-likeness (QED) is 0.757. The predicted octanol–water partition coefficient (Wildman–Crippen LogP) is 3.77. The van der Waals surface area contributed by atoms with Gasteiger partial charge in [0.05, 0.1) is 11.9 Å². The maximum Gasteiger partial charge on any atom is 0.319 e. The average molecular weight is 372 g/mol. The molecule has 6 nitrogen and oxygen atoms in total. The number of urea groups is 1. The fourth-order valence-electron chi connectivity index (χ4n) is 3.01. The summed E-state index contributed by atoms with van der Waals surface area (Å²) < 4.78 is 0. The summed E-state index contributed by atoms with van der Waals surface area (Å²) >= 11 is 1.77. The zero-order valence-electron chi connectivity index (χ0n) is 15.0. The molecule has 26 heavy (non-hydrogen) atoms. The second-order valence-corrected chi connectivity index (χ2v) is 7.43. The topological polar surface area (TPSA) is 70.2 Å². The Morgan fingerprint density at radius 2 is 2.23 bits per heavy atom. The van der Waals surface area contributed by atoms with Gasteiger partial charge in [-0.3, -0.25) is 4.98 Å². The van der Waals surface area contributed by atoms with Crippen LogP contribution < -0.4 is 15.5 Å². The average Bonchev–Trinajstić information content (AvgIpc) is 2.68. The van der Waals surface area contributed by atoms with Crippen LogP contribution in [0, 0.1) is 0 Å². The first-order valence-electron chi connectivity index (χ1n) is 9.06. The second-order valence-electron chi connectivity index (χ2n) is 6.29. The number of nitrogens with one attached hydrogen (secondary N) is 2. The number of amides is 2. The highest BCUT2D eigenvalue weighted by atomic mass is 32.2. The van der Waals surface area contributed by atoms with Gasteiger partial charge < -0.3 is 15.5 Å². The molecule has 3 rings (SSSR count). The number of aromatic nitrogens is 2. The smallest absolute Gasteiger partial charge is 0.319 e. The van der Waals surface area contributed by atoms with Crippen LogP contribution in [0.4, 0.5) is 16.3 Å². The third-order valence-electron chi connectivity index (χ3n) is 4.23. The maximum atomic E-state index is 12.5. The van der Waals surface area contributed by atoms with Crippen molar-refractivity contribution in [2.45, 2.75) is 37.1 Å². The number of rotatable bonds is 6. The standard InChI is InChI=1S/C19H25N5OS/c1-2-12-26-17-8-4-3-7-16(17)23-19(25)22-15-6-5-11-24(14-15)18-13-20-9-10-21-18/h3-4,7-10,13,15H,2,5-6,11-12,14H2,1H3,(H2,22,23,25). The first-order valence-corrected chi connectivity index (χ1v) is 10.0. The third kappa shape index (κ3) is 5.11. The van der Waals surface area contributed by atoms with Crippen molar-refractivity contribution < 1.29 is 4.79 Å². The fourth-order valence-corrected chi connectivity index (χ4v) is 3.88. The van der Waals surface area contributed by atoms with Crippen LogP contribution in [0.3, 0.4) is 0 Å². The zero-order chi connectivity index (χ0) is 18.2. The van der Waals surface area contributed by atoms with E-state index in [4.69, 9.17) is 0 Å². The van der Waals surface area contributed by atoms with Gasteiger partial charge in [-0.15, -0.1) is 11.8 Å². The Hall–Kier alpha value is -2.28. The molecule has 1 atom stereocenters. The zero-order valence-corrected chi connectivity index (χ0v) is 15.8. The Labute approximate surface area is 158 Å². The molecule has 1 aromatic carbocycles. The van der Waals surface area contributed by atoms with Crippen molar-refractivity contribution in [1.29, 1.82) is 0 Å². The summed E-state index contributed by atoms with van der Waals surface area (Å²) in [4.78, 5) is 24.2. The van der Waals surface area contributed by atoms with Crippen molar-refractivity contribution >= 4 is 29.3 Å². The number of para-hydroxylation sites is 1. The molecule has 138 valence electrons. The number of piperidine rings is 1. The van der Waals surface area contributed by atoms with Crippen LogP contribution in [0.15, 0.2) is 47.8 Å². The van der Waals surface area contributed by atoms with Gasteiger partial charge in [-0.2, -0.15) is 0 Å². The summed E-state index contributed by atoms with van der Waals surface area (Å²) in [5.41, 5.74) is 0.866. The van der Waals surface area contributed by atoms with E-state index in [0.717, 1.165) is 54.5 Å². The van der Waals surface area contributed by atoms with E-state index >= 15 is 0 Å². The first kappa shape index (κ1) is 18.5. The van der Waals surface area contributed by atoms with Gasteiger partial charge in [0.1, 0.15) is 5.82 Å². The van der Waals surface area contributed by atoms with Crippen molar-refractivity contribution in [2.75, 3.05) is 29.1 Å². The van der Waals surface area contributed by atoms with Gasteiger partial charge >= 0.3 is 6.03 Å². The van der Waals surface area contributed by atoms with Gasteiger partial charge in [0.15, 0.2) is 0 Å². The molecule has 0 radical (unpaired) electrons. The van der Waals surface area contributed by atoms with Crippen molar-refractivity contribution in [1.82, 2.24) is 15.3 Å². The van der Waals surface area contributed by atoms with Crippen LogP contribution in [-0.2, 0) is 0 Å². The number of nitrogens with zero attached hydrogens (tertiary/aromatic N) is 3. The minimum atomic E-state index is -0.152. The summed E-state index contributed by atoms with van der Waals surface area (Å²) in [6.07, 6.45) is 8.23. The molecular formula is C19H25N5OS. The fraction of sp³-hybridized carbons (Fsp3) is 0.421. The number of carbonyl (C=O) groups is 1. The van der Waals surface area contributed by atoms with Crippen molar-refractivity contribution in [2.24, 2.45) is 0 Å². The maximum absolute atomic E-state index is 12.5. The lowest BCUT2D eigenvalue weighted by Gasteiger charge is -2.33. The highest BCUT2D eigenvalue weighted by molar-refractivity contribution is 7.99. The summed E-state index contributed by atoms with van der Waals surface area (Å²) in [5.74, 6) is 1.90. The van der Waals surface area contributed by atoms with Crippen molar-refractivity contribution in [3.63, 3.8) is 0 Å². The Morgan fingerprint density at radius 1 is 1.35 bits per heavy atom. The predicted molar refractivity (Wildman–Crippen MR) is 107 cm³/mol. The highest BCUT2D eigenvalue weighted by Crippen LogP contribution is 2.27. The molecule has 1 aromatic heterocycles. The minimum absolute atomic E-state index is 0.0983. The summed E-state index contributed by atoms with van der Waals surface area (Å²) in [7, 11) is 0. The number of hydrogen-bond donors (Lipinski definition) is 2. The van der Waals surface area contributed by atoms with E-state index in [-0.39, 0.29) is 12.1 Å². The lowest BCUT2D eigenvalue weighted by atomic mass is 10.1. The molecule has 1 fully saturated rings. The van der Waals surface area contributed by atoms with Crippen molar-refractivity contribution in [3.05, 3.63) is 42.9 Å². The number of hydrogen-bond acceptors (Lipinski definition) is 5. The van der Waals surface area contributed by atoms with Crippen LogP contribution in [0.1, 0.15) is 26.2 Å². The van der Waals surface area contributed by atoms with Crippen LogP contribution in [-0.4, -0.2) is 40.9 Å². The Morgan fingerprint density at radius 3 is 3.04 bits per heavy atom. The number of benzene rings is 1. The van der Waals surface area contributed by atoms with E-state index in [1.165, 1.54) is 0 Å². The lowest BCUT2D eigenvalue weighted by Crippen LogP contribution is -2.49. The molecule has 1 aliphatic heterocycles. The van der Waals surface area contributed by atoms with E-state index in [1.54, 1.807) is 30.4 Å². The minimum Gasteiger partial charge on any atom is -0.353 e. The van der Waals surface area contributed by atoms with Crippen LogP contribution in [0.2, 0.25) is 0 Å². The molecule has 2 N–H and O–H groups in total. The molecule has 0 spiro atoms. The molecule has 2 heterocycles. The summed E-state index contributed by atoms with van der Waals surface area (Å²) in [6, 6.07) is 7.89. The van der Waals surface area contributed by atoms with Crippen LogP contribution >= 0.6 is 11.8 Å². The van der Waals surface area contributed by atoms with Gasteiger partial charge in [0.25, 0.3) is 0 Å². The SMILES string of the molecule is CCCSc1ccccc1NC(=O)NC1CCCN(c2cnccn2)C1. The Kier molecular flexibility index (Phi) is 6.71. The van der Waals surface area contributed by atoms with Gasteiger partial charge in [-0.25, -0.2) is 9.78 Å². The van der Waals surface area contributed by atoms with E-state index in [1.807, 2.05) is 24.3 Å². The molecule has 2 aromatic rings. The molecule has 1 aliphatic rings. The summed E-state index contributed by atoms with van der Waals surface area (Å²) in [5, 5.41) is 6.11. The lowest BCUT2D eigenvalue weighted by molar-refractivity contribution is 0.246. The largest absolute Gasteiger partial charge is 0.353 e. The summed E-state index contributed by atoms with van der Waals surface area (Å²) in [6.45, 7) is 3.84. The second kappa shape index (κ2) is 9.43. The van der Waals surface area contributed by atoms with E-state index < -0.39 is 0 Å². The third-order valence-corrected chi connectivity index (χ3v) is 5.51. The van der Waals surface area contributed by atoms with Gasteiger partial charge in [-0.1, -0.05) is 19.1 Å². The van der Waals surface area contributed by atoms with E-state index in [0.29, 0.717) is 0 Å². The van der Waals surface area contributed by atoms with Gasteiger partial charge in [0.2, 0.25) is 0 Å². The normalized spacial score (nSPS) is 17.0. The molecular weight excluding hydrogens is 346 g/mol. The number of thioether (sulfide) groups is 1. The van der Waals surface area contributed by atoms with Crippen LogP contribution in [0.5, 0.6) is 0 Å². The highest BCUT2D eigenvalue weighted by Gasteiger charge is 2.22. The Balaban J connectivity index is 1.56. The van der Waals surface area contributed by atoms with Gasteiger partial charge in [0, 0.05) is 36.4 Å². The molecule has 7 heteroatoms. The number of anilines is 2. The van der Waals surface area contributed by atoms with E-state index in [2.05, 4.69) is 32.4 Å². The van der Waals surface area contributed by atoms with Crippen LogP contribution in [0.25, 0.3) is 0 Å². The molecule has 0 bridgehead atoms. The molecule has 2 amide bonds. The first-order chi connectivity index (χ1) is 12.8. The monoisotopic (exact) mass is 371 g/mol. The molecule has 0 saturated carbocycles. The van der Waals surface area contributed by atoms with E-state index in [9.17, 15) is 4.79 Å². The molecule has 0 aliphatic carbocycles. The molecule has 1 unspecified atom stereocenters.